The van der Waals surface area contributed by atoms with E-state index in [1.165, 1.54) is 12.1 Å². The van der Waals surface area contributed by atoms with Crippen LogP contribution in [0.3, 0.4) is 0 Å². The molecule has 1 unspecified atom stereocenters. The minimum absolute atomic E-state index is 0.0238. The van der Waals surface area contributed by atoms with E-state index in [0.29, 0.717) is 19.4 Å². The van der Waals surface area contributed by atoms with Crippen molar-refractivity contribution in [1.82, 2.24) is 10.3 Å². The largest absolute Gasteiger partial charge is 0.444 e. The maximum atomic E-state index is 12.2. The van der Waals surface area contributed by atoms with E-state index in [1.807, 2.05) is 39.0 Å². The summed E-state index contributed by atoms with van der Waals surface area (Å²) in [4.78, 5) is 39.7. The first-order valence-electron chi connectivity index (χ1n) is 11.7. The van der Waals surface area contributed by atoms with Crippen molar-refractivity contribution < 1.29 is 19.2 Å². The molecule has 0 saturated carbocycles. The number of nitrogens with zero attached hydrogens (tertiary/aromatic N) is 2. The lowest BCUT2D eigenvalue weighted by Gasteiger charge is -2.26. The van der Waals surface area contributed by atoms with Crippen LogP contribution in [0.15, 0.2) is 42.5 Å². The van der Waals surface area contributed by atoms with Crippen LogP contribution in [0.5, 0.6) is 0 Å². The number of nitrogens with one attached hydrogen (secondary N) is 2. The molecule has 9 nitrogen and oxygen atoms in total. The van der Waals surface area contributed by atoms with Gasteiger partial charge in [0.1, 0.15) is 5.60 Å². The molecular formula is C26H30N4O5. The highest BCUT2D eigenvalue weighted by Crippen LogP contribution is 2.32. The zero-order valence-corrected chi connectivity index (χ0v) is 20.2. The number of hydrogen-bond acceptors (Lipinski definition) is 5. The summed E-state index contributed by atoms with van der Waals surface area (Å²) >= 11 is 0. The van der Waals surface area contributed by atoms with Crippen molar-refractivity contribution in [3.05, 3.63) is 69.4 Å². The van der Waals surface area contributed by atoms with Crippen LogP contribution in [0, 0.1) is 10.1 Å². The quantitative estimate of drug-likeness (QED) is 0.291. The Kier molecular flexibility index (Phi) is 6.77. The van der Waals surface area contributed by atoms with E-state index in [4.69, 9.17) is 4.74 Å². The van der Waals surface area contributed by atoms with E-state index >= 15 is 0 Å². The SMILES string of the molecule is CC(C)(C)OC(=O)NC1CCc2[nH]c3ccc(N(C=O)CCc4ccc([N+](=O)[O-])cc4)cc3c2C1. The molecule has 9 heteroatoms. The lowest BCUT2D eigenvalue weighted by atomic mass is 9.91. The molecule has 35 heavy (non-hydrogen) atoms. The number of fused-ring (bicyclic) bond motifs is 3. The Hall–Kier alpha value is -3.88. The second-order valence-electron chi connectivity index (χ2n) is 9.87. The summed E-state index contributed by atoms with van der Waals surface area (Å²) in [6, 6.07) is 12.2. The van der Waals surface area contributed by atoms with Crippen LogP contribution in [0.4, 0.5) is 16.2 Å². The number of carbonyl (C=O) groups is 2. The molecule has 1 aromatic heterocycles. The Morgan fingerprint density at radius 1 is 1.26 bits per heavy atom. The molecule has 4 rings (SSSR count). The van der Waals surface area contributed by atoms with Gasteiger partial charge >= 0.3 is 6.09 Å². The fourth-order valence-electron chi connectivity index (χ4n) is 4.46. The zero-order chi connectivity index (χ0) is 25.2. The summed E-state index contributed by atoms with van der Waals surface area (Å²) in [6.07, 6.45) is 3.28. The number of aromatic amines is 1. The second kappa shape index (κ2) is 9.77. The van der Waals surface area contributed by atoms with Gasteiger partial charge in [0.2, 0.25) is 6.41 Å². The third-order valence-corrected chi connectivity index (χ3v) is 6.14. The summed E-state index contributed by atoms with van der Waals surface area (Å²) in [5.74, 6) is 0. The summed E-state index contributed by atoms with van der Waals surface area (Å²) in [5, 5.41) is 14.9. The number of nitro groups is 1. The van der Waals surface area contributed by atoms with Gasteiger partial charge in [-0.2, -0.15) is 0 Å². The summed E-state index contributed by atoms with van der Waals surface area (Å²) < 4.78 is 5.41. The summed E-state index contributed by atoms with van der Waals surface area (Å²) in [6.45, 7) is 5.97. The molecule has 2 amide bonds. The van der Waals surface area contributed by atoms with Crippen LogP contribution in [0.1, 0.15) is 44.0 Å². The van der Waals surface area contributed by atoms with Crippen molar-refractivity contribution in [2.45, 2.75) is 58.1 Å². The molecule has 0 fully saturated rings. The predicted octanol–water partition coefficient (Wildman–Crippen LogP) is 4.66. The molecule has 0 aliphatic heterocycles. The molecule has 2 N–H and O–H groups in total. The van der Waals surface area contributed by atoms with Crippen LogP contribution >= 0.6 is 0 Å². The number of carbonyl (C=O) groups excluding carboxylic acids is 2. The average molecular weight is 479 g/mol. The van der Waals surface area contributed by atoms with Gasteiger partial charge in [-0.1, -0.05) is 12.1 Å². The number of aromatic nitrogens is 1. The predicted molar refractivity (Wildman–Crippen MR) is 134 cm³/mol. The lowest BCUT2D eigenvalue weighted by molar-refractivity contribution is -0.384. The number of rotatable bonds is 7. The highest BCUT2D eigenvalue weighted by Gasteiger charge is 2.26. The number of alkyl carbamates (subject to hydrolysis) is 1. The molecule has 1 aliphatic rings. The first-order valence-corrected chi connectivity index (χ1v) is 11.7. The first kappa shape index (κ1) is 24.3. The van der Waals surface area contributed by atoms with Gasteiger partial charge in [-0.15, -0.1) is 0 Å². The minimum atomic E-state index is -0.549. The monoisotopic (exact) mass is 478 g/mol. The van der Waals surface area contributed by atoms with Crippen molar-refractivity contribution in [2.24, 2.45) is 0 Å². The van der Waals surface area contributed by atoms with Crippen LogP contribution < -0.4 is 10.2 Å². The van der Waals surface area contributed by atoms with Gasteiger partial charge in [-0.05, 0) is 75.8 Å². The molecule has 2 aromatic carbocycles. The number of anilines is 1. The smallest absolute Gasteiger partial charge is 0.407 e. The Morgan fingerprint density at radius 2 is 2.00 bits per heavy atom. The second-order valence-corrected chi connectivity index (χ2v) is 9.87. The standard InChI is InChI=1S/C26H30N4O5/c1-26(2,3)35-25(32)27-18-6-10-23-21(14-18)22-15-20(9-11-24(22)28-23)29(16-31)13-12-17-4-7-19(8-5-17)30(33)34/h4-5,7-9,11,15-16,18,28H,6,10,12-14H2,1-3H3,(H,27,32). The van der Waals surface area contributed by atoms with Crippen molar-refractivity contribution in [1.29, 1.82) is 0 Å². The van der Waals surface area contributed by atoms with Gasteiger partial charge in [0.25, 0.3) is 5.69 Å². The molecule has 1 aliphatic carbocycles. The first-order chi connectivity index (χ1) is 16.6. The molecule has 0 spiro atoms. The van der Waals surface area contributed by atoms with Gasteiger partial charge < -0.3 is 19.9 Å². The van der Waals surface area contributed by atoms with Crippen LogP contribution in [0.2, 0.25) is 0 Å². The van der Waals surface area contributed by atoms with E-state index in [9.17, 15) is 19.7 Å². The number of benzene rings is 2. The fraction of sp³-hybridized carbons (Fsp3) is 0.385. The molecule has 3 aromatic rings. The number of amides is 2. The molecular weight excluding hydrogens is 448 g/mol. The Morgan fingerprint density at radius 3 is 2.66 bits per heavy atom. The number of non-ortho nitro benzene ring substituents is 1. The van der Waals surface area contributed by atoms with Crippen molar-refractivity contribution in [3.8, 4) is 0 Å². The average Bonchev–Trinajstić information content (AvgIpc) is 3.16. The van der Waals surface area contributed by atoms with Crippen LogP contribution in [-0.4, -0.2) is 40.6 Å². The number of nitro benzene ring substituents is 1. The van der Waals surface area contributed by atoms with Crippen molar-refractivity contribution in [2.75, 3.05) is 11.4 Å². The van der Waals surface area contributed by atoms with E-state index in [2.05, 4.69) is 10.3 Å². The van der Waals surface area contributed by atoms with E-state index in [-0.39, 0.29) is 11.7 Å². The van der Waals surface area contributed by atoms with Crippen LogP contribution in [0.25, 0.3) is 10.9 Å². The third-order valence-electron chi connectivity index (χ3n) is 6.14. The molecule has 0 bridgehead atoms. The van der Waals surface area contributed by atoms with Gasteiger partial charge in [0.15, 0.2) is 0 Å². The van der Waals surface area contributed by atoms with Gasteiger partial charge in [-0.3, -0.25) is 14.9 Å². The van der Waals surface area contributed by atoms with Gasteiger partial charge in [0, 0.05) is 47.0 Å². The Labute approximate surface area is 203 Å². The highest BCUT2D eigenvalue weighted by atomic mass is 16.6. The Bertz CT molecular complexity index is 1240. The Balaban J connectivity index is 1.48. The zero-order valence-electron chi connectivity index (χ0n) is 20.2. The van der Waals surface area contributed by atoms with E-state index in [1.54, 1.807) is 17.0 Å². The number of H-pyrrole nitrogens is 1. The summed E-state index contributed by atoms with van der Waals surface area (Å²) in [7, 11) is 0. The number of hydrogen-bond donors (Lipinski definition) is 2. The minimum Gasteiger partial charge on any atom is -0.444 e. The fourth-order valence-corrected chi connectivity index (χ4v) is 4.46. The van der Waals surface area contributed by atoms with Crippen molar-refractivity contribution >= 4 is 34.8 Å². The maximum absolute atomic E-state index is 12.2. The van der Waals surface area contributed by atoms with Crippen LogP contribution in [-0.2, 0) is 28.8 Å². The van der Waals surface area contributed by atoms with Gasteiger partial charge in [0.05, 0.1) is 4.92 Å². The lowest BCUT2D eigenvalue weighted by Crippen LogP contribution is -2.41. The molecule has 184 valence electrons. The van der Waals surface area contributed by atoms with Gasteiger partial charge in [-0.25, -0.2) is 4.79 Å². The maximum Gasteiger partial charge on any atom is 0.407 e. The molecule has 0 saturated heterocycles. The normalized spacial score (nSPS) is 15.3. The van der Waals surface area contributed by atoms with E-state index in [0.717, 1.165) is 52.7 Å². The topological polar surface area (TPSA) is 118 Å². The number of ether oxygens (including phenoxy) is 1. The number of aryl methyl sites for hydroxylation is 1. The van der Waals surface area contributed by atoms with Crippen molar-refractivity contribution in [3.63, 3.8) is 0 Å². The molecule has 0 radical (unpaired) electrons. The van der Waals surface area contributed by atoms with E-state index < -0.39 is 16.6 Å². The molecule has 1 heterocycles. The summed E-state index contributed by atoms with van der Waals surface area (Å²) in [5.41, 5.74) is 4.49. The highest BCUT2D eigenvalue weighted by molar-refractivity contribution is 5.90. The molecule has 1 atom stereocenters. The third kappa shape index (κ3) is 5.79.